The number of anilines is 1. The molecular weight excluding hydrogens is 390 g/mol. The molecule has 1 heterocycles. The van der Waals surface area contributed by atoms with Gasteiger partial charge in [-0.15, -0.1) is 11.8 Å². The standard InChI is InChI=1S/C19H20F2N2O4S/c1-25-14-10-16(27-3)15(26-2)9-11(14)18-23(7-8-28-18)19(24)22-17-12(20)5-4-6-13(17)21/h4-6,9-10,18H,7-8H2,1-3H3,(H,22,24). The molecule has 2 aromatic carbocycles. The normalized spacial score (nSPS) is 16.0. The molecule has 1 aliphatic heterocycles. The molecule has 0 aliphatic carbocycles. The van der Waals surface area contributed by atoms with Crippen LogP contribution in [-0.2, 0) is 0 Å². The molecule has 9 heteroatoms. The minimum atomic E-state index is -0.833. The maximum absolute atomic E-state index is 13.9. The van der Waals surface area contributed by atoms with Crippen molar-refractivity contribution in [3.63, 3.8) is 0 Å². The molecule has 2 amide bonds. The number of rotatable bonds is 5. The smallest absolute Gasteiger partial charge is 0.323 e. The Bertz CT molecular complexity index is 861. The zero-order valence-electron chi connectivity index (χ0n) is 15.6. The van der Waals surface area contributed by atoms with E-state index in [1.54, 1.807) is 12.1 Å². The van der Waals surface area contributed by atoms with Crippen LogP contribution in [0.5, 0.6) is 17.2 Å². The highest BCUT2D eigenvalue weighted by Gasteiger charge is 2.34. The van der Waals surface area contributed by atoms with Crippen molar-refractivity contribution in [2.75, 3.05) is 38.9 Å². The number of nitrogens with zero attached hydrogens (tertiary/aromatic N) is 1. The molecular formula is C19H20F2N2O4S. The van der Waals surface area contributed by atoms with Gasteiger partial charge in [0.2, 0.25) is 0 Å². The topological polar surface area (TPSA) is 60.0 Å². The molecule has 0 bridgehead atoms. The number of hydrogen-bond donors (Lipinski definition) is 1. The number of ether oxygens (including phenoxy) is 3. The van der Waals surface area contributed by atoms with Crippen molar-refractivity contribution >= 4 is 23.5 Å². The second-order valence-corrected chi connectivity index (χ2v) is 7.08. The maximum atomic E-state index is 13.9. The number of nitrogens with one attached hydrogen (secondary N) is 1. The summed E-state index contributed by atoms with van der Waals surface area (Å²) in [6.07, 6.45) is 0. The number of benzene rings is 2. The molecule has 1 N–H and O–H groups in total. The first kappa shape index (κ1) is 20.1. The third kappa shape index (κ3) is 3.80. The lowest BCUT2D eigenvalue weighted by Crippen LogP contribution is -2.35. The number of para-hydroxylation sites is 1. The van der Waals surface area contributed by atoms with Gasteiger partial charge < -0.3 is 24.4 Å². The van der Waals surface area contributed by atoms with Crippen LogP contribution in [0.15, 0.2) is 30.3 Å². The van der Waals surface area contributed by atoms with Gasteiger partial charge in [0.15, 0.2) is 11.5 Å². The number of urea groups is 1. The number of thioether (sulfide) groups is 1. The molecule has 2 aromatic rings. The Labute approximate surface area is 165 Å². The number of halogens is 2. The van der Waals surface area contributed by atoms with Gasteiger partial charge in [0.1, 0.15) is 28.4 Å². The highest BCUT2D eigenvalue weighted by atomic mass is 32.2. The van der Waals surface area contributed by atoms with E-state index < -0.39 is 28.7 Å². The van der Waals surface area contributed by atoms with E-state index in [2.05, 4.69) is 5.32 Å². The lowest BCUT2D eigenvalue weighted by atomic mass is 10.1. The van der Waals surface area contributed by atoms with Crippen molar-refractivity contribution < 1.29 is 27.8 Å². The lowest BCUT2D eigenvalue weighted by Gasteiger charge is -2.26. The van der Waals surface area contributed by atoms with Gasteiger partial charge in [0, 0.05) is 23.9 Å². The quantitative estimate of drug-likeness (QED) is 0.798. The molecule has 1 saturated heterocycles. The third-order valence-corrected chi connectivity index (χ3v) is 5.59. The molecule has 28 heavy (non-hydrogen) atoms. The second kappa shape index (κ2) is 8.55. The fraction of sp³-hybridized carbons (Fsp3) is 0.316. The van der Waals surface area contributed by atoms with Gasteiger partial charge in [-0.05, 0) is 18.2 Å². The molecule has 0 radical (unpaired) electrons. The molecule has 0 saturated carbocycles. The van der Waals surface area contributed by atoms with Gasteiger partial charge in [0.05, 0.1) is 21.3 Å². The van der Waals surface area contributed by atoms with Gasteiger partial charge in [-0.25, -0.2) is 13.6 Å². The first-order chi connectivity index (χ1) is 13.5. The van der Waals surface area contributed by atoms with Crippen LogP contribution < -0.4 is 19.5 Å². The molecule has 150 valence electrons. The molecule has 0 aromatic heterocycles. The zero-order chi connectivity index (χ0) is 20.3. The first-order valence-electron chi connectivity index (χ1n) is 8.43. The summed E-state index contributed by atoms with van der Waals surface area (Å²) in [5, 5.41) is 1.92. The summed E-state index contributed by atoms with van der Waals surface area (Å²) in [6, 6.07) is 6.24. The van der Waals surface area contributed by atoms with E-state index in [-0.39, 0.29) is 0 Å². The summed E-state index contributed by atoms with van der Waals surface area (Å²) in [7, 11) is 4.55. The molecule has 1 fully saturated rings. The summed E-state index contributed by atoms with van der Waals surface area (Å²) >= 11 is 1.51. The Kier molecular flexibility index (Phi) is 6.13. The Balaban J connectivity index is 1.91. The Hall–Kier alpha value is -2.68. The minimum absolute atomic E-state index is 0.411. The van der Waals surface area contributed by atoms with E-state index in [1.807, 2.05) is 0 Å². The Morgan fingerprint density at radius 2 is 1.68 bits per heavy atom. The number of methoxy groups -OCH3 is 3. The molecule has 1 atom stereocenters. The fourth-order valence-corrected chi connectivity index (χ4v) is 4.25. The van der Waals surface area contributed by atoms with Crippen LogP contribution in [0.3, 0.4) is 0 Å². The van der Waals surface area contributed by atoms with Crippen molar-refractivity contribution in [1.29, 1.82) is 0 Å². The van der Waals surface area contributed by atoms with E-state index in [0.29, 0.717) is 35.1 Å². The predicted octanol–water partition coefficient (Wildman–Crippen LogP) is 4.27. The summed E-state index contributed by atoms with van der Waals surface area (Å²) in [6.45, 7) is 0.411. The number of hydrogen-bond acceptors (Lipinski definition) is 5. The van der Waals surface area contributed by atoms with E-state index in [0.717, 1.165) is 12.1 Å². The molecule has 1 aliphatic rings. The van der Waals surface area contributed by atoms with Gasteiger partial charge in [-0.1, -0.05) is 6.07 Å². The second-order valence-electron chi connectivity index (χ2n) is 5.89. The number of amides is 2. The van der Waals surface area contributed by atoms with E-state index in [1.165, 1.54) is 44.1 Å². The highest BCUT2D eigenvalue weighted by Crippen LogP contribution is 2.46. The Morgan fingerprint density at radius 1 is 1.07 bits per heavy atom. The van der Waals surface area contributed by atoms with Crippen LogP contribution in [0.25, 0.3) is 0 Å². The van der Waals surface area contributed by atoms with Crippen molar-refractivity contribution in [3.05, 3.63) is 47.5 Å². The van der Waals surface area contributed by atoms with Crippen molar-refractivity contribution in [2.24, 2.45) is 0 Å². The third-order valence-electron chi connectivity index (χ3n) is 4.35. The van der Waals surface area contributed by atoms with Crippen LogP contribution in [0.4, 0.5) is 19.3 Å². The van der Waals surface area contributed by atoms with Crippen LogP contribution in [0.1, 0.15) is 10.9 Å². The van der Waals surface area contributed by atoms with Gasteiger partial charge in [-0.2, -0.15) is 0 Å². The van der Waals surface area contributed by atoms with E-state index in [9.17, 15) is 13.6 Å². The van der Waals surface area contributed by atoms with Crippen molar-refractivity contribution in [1.82, 2.24) is 4.90 Å². The molecule has 3 rings (SSSR count). The van der Waals surface area contributed by atoms with Crippen LogP contribution in [0.2, 0.25) is 0 Å². The largest absolute Gasteiger partial charge is 0.496 e. The monoisotopic (exact) mass is 410 g/mol. The molecule has 1 unspecified atom stereocenters. The molecule has 6 nitrogen and oxygen atoms in total. The van der Waals surface area contributed by atoms with Gasteiger partial charge in [0.25, 0.3) is 0 Å². The first-order valence-corrected chi connectivity index (χ1v) is 9.48. The predicted molar refractivity (Wildman–Crippen MR) is 103 cm³/mol. The van der Waals surface area contributed by atoms with Crippen LogP contribution in [0, 0.1) is 11.6 Å². The highest BCUT2D eigenvalue weighted by molar-refractivity contribution is 7.99. The SMILES string of the molecule is COc1cc(OC)c(C2SCCN2C(=O)Nc2c(F)cccc2F)cc1OC. The Morgan fingerprint density at radius 3 is 2.29 bits per heavy atom. The van der Waals surface area contributed by atoms with Gasteiger partial charge in [-0.3, -0.25) is 0 Å². The maximum Gasteiger partial charge on any atom is 0.323 e. The van der Waals surface area contributed by atoms with Crippen molar-refractivity contribution in [2.45, 2.75) is 5.37 Å². The average Bonchev–Trinajstić information content (AvgIpc) is 3.19. The lowest BCUT2D eigenvalue weighted by molar-refractivity contribution is 0.213. The van der Waals surface area contributed by atoms with Gasteiger partial charge >= 0.3 is 6.03 Å². The average molecular weight is 410 g/mol. The summed E-state index contributed by atoms with van der Waals surface area (Å²) in [5.74, 6) is 0.504. The van der Waals surface area contributed by atoms with Crippen LogP contribution >= 0.6 is 11.8 Å². The zero-order valence-corrected chi connectivity index (χ0v) is 16.4. The number of carbonyl (C=O) groups excluding carboxylic acids is 1. The van der Waals surface area contributed by atoms with E-state index in [4.69, 9.17) is 14.2 Å². The summed E-state index contributed by atoms with van der Waals surface area (Å²) < 4.78 is 43.9. The van der Waals surface area contributed by atoms with Crippen LogP contribution in [-0.4, -0.2) is 44.6 Å². The van der Waals surface area contributed by atoms with Crippen molar-refractivity contribution in [3.8, 4) is 17.2 Å². The molecule has 0 spiro atoms. The fourth-order valence-electron chi connectivity index (χ4n) is 2.98. The summed E-state index contributed by atoms with van der Waals surface area (Å²) in [5.41, 5.74) is 0.231. The van der Waals surface area contributed by atoms with E-state index >= 15 is 0 Å². The minimum Gasteiger partial charge on any atom is -0.496 e. The number of carbonyl (C=O) groups is 1. The summed E-state index contributed by atoms with van der Waals surface area (Å²) in [4.78, 5) is 14.3.